The van der Waals surface area contributed by atoms with E-state index in [9.17, 15) is 4.39 Å². The Hall–Kier alpha value is -1.70. The topological polar surface area (TPSA) is 12.9 Å². The van der Waals surface area contributed by atoms with Gasteiger partial charge in [-0.1, -0.05) is 11.6 Å². The lowest BCUT2D eigenvalue weighted by molar-refractivity contribution is 0.630. The number of halogens is 1. The first-order chi connectivity index (χ1) is 7.18. The lowest BCUT2D eigenvalue weighted by Crippen LogP contribution is -1.89. The van der Waals surface area contributed by atoms with Gasteiger partial charge in [0.15, 0.2) is 0 Å². The summed E-state index contributed by atoms with van der Waals surface area (Å²) < 4.78 is 13.6. The van der Waals surface area contributed by atoms with Crippen molar-refractivity contribution in [2.24, 2.45) is 0 Å². The zero-order chi connectivity index (χ0) is 10.8. The summed E-state index contributed by atoms with van der Waals surface area (Å²) in [6.07, 6.45) is 3.42. The van der Waals surface area contributed by atoms with Crippen LogP contribution < -0.4 is 0 Å². The highest BCUT2D eigenvalue weighted by Crippen LogP contribution is 2.25. The van der Waals surface area contributed by atoms with Gasteiger partial charge in [0, 0.05) is 23.5 Å². The zero-order valence-electron chi connectivity index (χ0n) is 8.79. The molecule has 0 radical (unpaired) electrons. The monoisotopic (exact) mass is 201 g/mol. The summed E-state index contributed by atoms with van der Waals surface area (Å²) in [5.41, 5.74) is 3.57. The number of hydrogen-bond donors (Lipinski definition) is 0. The van der Waals surface area contributed by atoms with Crippen molar-refractivity contribution in [3.8, 4) is 11.1 Å². The predicted molar refractivity (Wildman–Crippen MR) is 59.1 cm³/mol. The lowest BCUT2D eigenvalue weighted by atomic mass is 10.0. The van der Waals surface area contributed by atoms with Crippen LogP contribution in [0.2, 0.25) is 0 Å². The third-order valence-electron chi connectivity index (χ3n) is 2.45. The lowest BCUT2D eigenvalue weighted by Gasteiger charge is -2.07. The standard InChI is InChI=1S/C13H12FN/c1-9-3-4-13(14)11(7-9)12-8-15-6-5-10(12)2/h3-8H,1-2H3. The van der Waals surface area contributed by atoms with Crippen LogP contribution in [-0.2, 0) is 0 Å². The van der Waals surface area contributed by atoms with E-state index in [4.69, 9.17) is 0 Å². The van der Waals surface area contributed by atoms with E-state index in [1.807, 2.05) is 26.0 Å². The Morgan fingerprint density at radius 1 is 1.07 bits per heavy atom. The Morgan fingerprint density at radius 3 is 2.60 bits per heavy atom. The number of nitrogens with zero attached hydrogens (tertiary/aromatic N) is 1. The van der Waals surface area contributed by atoms with Gasteiger partial charge in [-0.2, -0.15) is 0 Å². The van der Waals surface area contributed by atoms with Crippen molar-refractivity contribution in [1.29, 1.82) is 0 Å². The van der Waals surface area contributed by atoms with Crippen molar-refractivity contribution in [2.45, 2.75) is 13.8 Å². The number of aryl methyl sites for hydroxylation is 2. The summed E-state index contributed by atoms with van der Waals surface area (Å²) in [5.74, 6) is -0.197. The number of hydrogen-bond acceptors (Lipinski definition) is 1. The van der Waals surface area contributed by atoms with Crippen molar-refractivity contribution >= 4 is 0 Å². The van der Waals surface area contributed by atoms with Gasteiger partial charge in [-0.3, -0.25) is 4.98 Å². The molecule has 0 unspecified atom stereocenters. The van der Waals surface area contributed by atoms with Gasteiger partial charge in [0.1, 0.15) is 5.82 Å². The third-order valence-corrected chi connectivity index (χ3v) is 2.45. The molecule has 0 aliphatic rings. The molecule has 2 heteroatoms. The van der Waals surface area contributed by atoms with Crippen molar-refractivity contribution in [3.63, 3.8) is 0 Å². The van der Waals surface area contributed by atoms with Gasteiger partial charge in [0.25, 0.3) is 0 Å². The van der Waals surface area contributed by atoms with Crippen LogP contribution in [0.5, 0.6) is 0 Å². The molecule has 0 aliphatic carbocycles. The number of benzene rings is 1. The van der Waals surface area contributed by atoms with Crippen LogP contribution in [-0.4, -0.2) is 4.98 Å². The molecule has 0 amide bonds. The Kier molecular flexibility index (Phi) is 2.50. The Bertz CT molecular complexity index is 492. The minimum Gasteiger partial charge on any atom is -0.264 e. The third kappa shape index (κ3) is 1.89. The van der Waals surface area contributed by atoms with Crippen LogP contribution in [0.15, 0.2) is 36.7 Å². The number of aromatic nitrogens is 1. The second kappa shape index (κ2) is 3.81. The molecule has 1 nitrogen and oxygen atoms in total. The van der Waals surface area contributed by atoms with Crippen LogP contribution in [0, 0.1) is 19.7 Å². The molecule has 0 saturated carbocycles. The SMILES string of the molecule is Cc1ccc(F)c(-c2cnccc2C)c1. The van der Waals surface area contributed by atoms with E-state index in [2.05, 4.69) is 4.98 Å². The van der Waals surface area contributed by atoms with Crippen LogP contribution in [0.1, 0.15) is 11.1 Å². The molecule has 15 heavy (non-hydrogen) atoms. The fourth-order valence-corrected chi connectivity index (χ4v) is 1.59. The van der Waals surface area contributed by atoms with Crippen LogP contribution in [0.3, 0.4) is 0 Å². The molecule has 2 aromatic rings. The van der Waals surface area contributed by atoms with E-state index in [0.29, 0.717) is 5.56 Å². The van der Waals surface area contributed by atoms with Crippen molar-refractivity contribution in [2.75, 3.05) is 0 Å². The Balaban J connectivity index is 2.64. The molecular formula is C13H12FN. The largest absolute Gasteiger partial charge is 0.264 e. The molecule has 0 bridgehead atoms. The Labute approximate surface area is 88.6 Å². The molecule has 76 valence electrons. The molecule has 0 N–H and O–H groups in total. The normalized spacial score (nSPS) is 10.3. The van der Waals surface area contributed by atoms with Gasteiger partial charge in [-0.25, -0.2) is 4.39 Å². The average Bonchev–Trinajstić information content (AvgIpc) is 2.23. The number of pyridine rings is 1. The maximum atomic E-state index is 13.6. The van der Waals surface area contributed by atoms with Crippen molar-refractivity contribution in [1.82, 2.24) is 4.98 Å². The molecular weight excluding hydrogens is 189 g/mol. The molecule has 1 aromatic carbocycles. The first-order valence-corrected chi connectivity index (χ1v) is 4.85. The van der Waals surface area contributed by atoms with Crippen LogP contribution in [0.4, 0.5) is 4.39 Å². The highest BCUT2D eigenvalue weighted by molar-refractivity contribution is 5.67. The summed E-state index contributed by atoms with van der Waals surface area (Å²) >= 11 is 0. The van der Waals surface area contributed by atoms with Crippen molar-refractivity contribution < 1.29 is 4.39 Å². The zero-order valence-corrected chi connectivity index (χ0v) is 8.79. The summed E-state index contributed by atoms with van der Waals surface area (Å²) in [6, 6.07) is 7.00. The fourth-order valence-electron chi connectivity index (χ4n) is 1.59. The van der Waals surface area contributed by atoms with E-state index in [1.165, 1.54) is 6.07 Å². The maximum absolute atomic E-state index is 13.6. The average molecular weight is 201 g/mol. The predicted octanol–water partition coefficient (Wildman–Crippen LogP) is 3.50. The molecule has 0 saturated heterocycles. The van der Waals surface area contributed by atoms with Gasteiger partial charge in [0.2, 0.25) is 0 Å². The quantitative estimate of drug-likeness (QED) is 0.688. The summed E-state index contributed by atoms with van der Waals surface area (Å²) in [4.78, 5) is 4.03. The van der Waals surface area contributed by atoms with Gasteiger partial charge in [0.05, 0.1) is 0 Å². The van der Waals surface area contributed by atoms with E-state index in [0.717, 1.165) is 16.7 Å². The van der Waals surface area contributed by atoms with E-state index >= 15 is 0 Å². The van der Waals surface area contributed by atoms with E-state index in [-0.39, 0.29) is 5.82 Å². The number of rotatable bonds is 1. The van der Waals surface area contributed by atoms with E-state index < -0.39 is 0 Å². The fraction of sp³-hybridized carbons (Fsp3) is 0.154. The van der Waals surface area contributed by atoms with Gasteiger partial charge >= 0.3 is 0 Å². The molecule has 0 aliphatic heterocycles. The van der Waals surface area contributed by atoms with Gasteiger partial charge in [-0.15, -0.1) is 0 Å². The highest BCUT2D eigenvalue weighted by Gasteiger charge is 2.07. The van der Waals surface area contributed by atoms with Crippen LogP contribution >= 0.6 is 0 Å². The highest BCUT2D eigenvalue weighted by atomic mass is 19.1. The van der Waals surface area contributed by atoms with Gasteiger partial charge in [-0.05, 0) is 37.6 Å². The molecule has 0 spiro atoms. The van der Waals surface area contributed by atoms with Gasteiger partial charge < -0.3 is 0 Å². The second-order valence-electron chi connectivity index (χ2n) is 3.67. The first kappa shape index (κ1) is 9.84. The smallest absolute Gasteiger partial charge is 0.131 e. The minimum absolute atomic E-state index is 0.197. The van der Waals surface area contributed by atoms with Crippen LogP contribution in [0.25, 0.3) is 11.1 Å². The summed E-state index contributed by atoms with van der Waals surface area (Å²) in [5, 5.41) is 0. The molecule has 0 atom stereocenters. The molecule has 1 aromatic heterocycles. The molecule has 2 rings (SSSR count). The second-order valence-corrected chi connectivity index (χ2v) is 3.67. The molecule has 1 heterocycles. The summed E-state index contributed by atoms with van der Waals surface area (Å²) in [7, 11) is 0. The summed E-state index contributed by atoms with van der Waals surface area (Å²) in [6.45, 7) is 3.91. The first-order valence-electron chi connectivity index (χ1n) is 4.85. The minimum atomic E-state index is -0.197. The molecule has 0 fully saturated rings. The Morgan fingerprint density at radius 2 is 1.87 bits per heavy atom. The maximum Gasteiger partial charge on any atom is 0.131 e. The van der Waals surface area contributed by atoms with Crippen molar-refractivity contribution in [3.05, 3.63) is 53.6 Å². The van der Waals surface area contributed by atoms with E-state index in [1.54, 1.807) is 18.5 Å².